The number of aryl methyl sites for hydroxylation is 2. The fourth-order valence-electron chi connectivity index (χ4n) is 3.76. The van der Waals surface area contributed by atoms with Crippen LogP contribution in [0.15, 0.2) is 67.3 Å². The van der Waals surface area contributed by atoms with E-state index in [2.05, 4.69) is 31.0 Å². The van der Waals surface area contributed by atoms with Gasteiger partial charge in [-0.05, 0) is 48.9 Å². The lowest BCUT2D eigenvalue weighted by atomic mass is 10.1. The number of nitrogen functional groups attached to an aromatic ring is 1. The molecule has 0 atom stereocenters. The minimum Gasteiger partial charge on any atom is -0.383 e. The molecule has 0 saturated heterocycles. The van der Waals surface area contributed by atoms with Crippen LogP contribution in [-0.2, 0) is 7.05 Å². The van der Waals surface area contributed by atoms with Gasteiger partial charge in [0.15, 0.2) is 0 Å². The van der Waals surface area contributed by atoms with Crippen LogP contribution < -0.4 is 21.7 Å². The van der Waals surface area contributed by atoms with Gasteiger partial charge in [-0.25, -0.2) is 14.8 Å². The molecule has 0 saturated carbocycles. The van der Waals surface area contributed by atoms with Crippen LogP contribution in [0.4, 0.5) is 27.7 Å². The number of nitrogens with zero attached hydrogens (tertiary/aromatic N) is 4. The van der Waals surface area contributed by atoms with Gasteiger partial charge in [-0.15, -0.1) is 11.3 Å². The van der Waals surface area contributed by atoms with E-state index in [1.807, 2.05) is 44.4 Å². The van der Waals surface area contributed by atoms with Crippen molar-refractivity contribution in [3.63, 3.8) is 0 Å². The van der Waals surface area contributed by atoms with E-state index < -0.39 is 0 Å². The van der Waals surface area contributed by atoms with E-state index in [-0.39, 0.29) is 17.8 Å². The Kier molecular flexibility index (Phi) is 6.05. The number of urea groups is 1. The van der Waals surface area contributed by atoms with E-state index in [0.29, 0.717) is 37.7 Å². The normalized spacial score (nSPS) is 10.8. The minimum atomic E-state index is -0.362. The number of nitrogens with one attached hydrogen (secondary N) is 3. The molecule has 36 heavy (non-hydrogen) atoms. The Bertz CT molecular complexity index is 1590. The maximum atomic E-state index is 13.4. The van der Waals surface area contributed by atoms with Crippen molar-refractivity contribution in [2.24, 2.45) is 7.05 Å². The third kappa shape index (κ3) is 4.72. The van der Waals surface area contributed by atoms with Gasteiger partial charge < -0.3 is 21.7 Å². The number of fused-ring (bicyclic) bond motifs is 1. The smallest absolute Gasteiger partial charge is 0.323 e. The van der Waals surface area contributed by atoms with E-state index in [9.17, 15) is 9.59 Å². The third-order valence-corrected chi connectivity index (χ3v) is 6.54. The largest absolute Gasteiger partial charge is 0.383 e. The molecule has 5 N–H and O–H groups in total. The van der Waals surface area contributed by atoms with Crippen molar-refractivity contribution in [1.82, 2.24) is 19.7 Å². The quantitative estimate of drug-likeness (QED) is 0.272. The number of hydrogen-bond donors (Lipinski definition) is 4. The summed E-state index contributed by atoms with van der Waals surface area (Å²) in [5.41, 5.74) is 10.2. The highest BCUT2D eigenvalue weighted by Gasteiger charge is 2.24. The van der Waals surface area contributed by atoms with Gasteiger partial charge in [0.1, 0.15) is 17.0 Å². The molecule has 0 spiro atoms. The summed E-state index contributed by atoms with van der Waals surface area (Å²) in [6.45, 7) is 1.95. The highest BCUT2D eigenvalue weighted by molar-refractivity contribution is 7.22. The highest BCUT2D eigenvalue weighted by atomic mass is 32.1. The summed E-state index contributed by atoms with van der Waals surface area (Å²) in [5.74, 6) is -0.116. The molecule has 11 heteroatoms. The second kappa shape index (κ2) is 9.47. The zero-order valence-corrected chi connectivity index (χ0v) is 20.3. The fourth-order valence-corrected chi connectivity index (χ4v) is 4.88. The van der Waals surface area contributed by atoms with Crippen molar-refractivity contribution in [2.75, 3.05) is 21.7 Å². The number of benzene rings is 2. The first-order chi connectivity index (χ1) is 17.4. The lowest BCUT2D eigenvalue weighted by Gasteiger charge is -2.10. The van der Waals surface area contributed by atoms with Gasteiger partial charge in [0, 0.05) is 35.9 Å². The van der Waals surface area contributed by atoms with Gasteiger partial charge in [-0.1, -0.05) is 12.1 Å². The van der Waals surface area contributed by atoms with Gasteiger partial charge in [-0.3, -0.25) is 9.48 Å². The van der Waals surface area contributed by atoms with Crippen LogP contribution in [0.5, 0.6) is 0 Å². The van der Waals surface area contributed by atoms with Crippen LogP contribution in [0.2, 0.25) is 0 Å². The molecule has 5 rings (SSSR count). The van der Waals surface area contributed by atoms with Crippen molar-refractivity contribution < 1.29 is 9.59 Å². The molecule has 2 aromatic carbocycles. The minimum absolute atomic E-state index is 0.232. The number of amides is 3. The van der Waals surface area contributed by atoms with Gasteiger partial charge >= 0.3 is 6.03 Å². The Morgan fingerprint density at radius 1 is 0.972 bits per heavy atom. The van der Waals surface area contributed by atoms with E-state index in [0.717, 1.165) is 11.1 Å². The first-order valence-corrected chi connectivity index (χ1v) is 11.8. The summed E-state index contributed by atoms with van der Waals surface area (Å²) in [7, 11) is 1.81. The van der Waals surface area contributed by atoms with Crippen molar-refractivity contribution in [3.05, 3.63) is 78.4 Å². The zero-order valence-electron chi connectivity index (χ0n) is 19.4. The molecule has 0 radical (unpaired) electrons. The number of rotatable bonds is 5. The molecular weight excluding hydrogens is 476 g/mol. The number of hydrogen-bond acceptors (Lipinski definition) is 7. The summed E-state index contributed by atoms with van der Waals surface area (Å²) < 4.78 is 1.66. The molecule has 3 amide bonds. The number of nitrogens with two attached hydrogens (primary N) is 1. The standard InChI is InChI=1S/C25H22N8O2S/c1-14-4-3-5-18(10-14)32-25(35)31-17-8-6-16(7-9-17)30-23(34)19-20-22(26)27-13-28-24(20)36-21(19)15-11-29-33(2)12-15/h3-13H,1-2H3,(H,30,34)(H2,26,27,28)(H2,31,32,35). The van der Waals surface area contributed by atoms with Crippen LogP contribution in [0.1, 0.15) is 15.9 Å². The summed E-state index contributed by atoms with van der Waals surface area (Å²) >= 11 is 1.35. The lowest BCUT2D eigenvalue weighted by Crippen LogP contribution is -2.19. The Hall–Kier alpha value is -4.77. The number of carbonyl (C=O) groups excluding carboxylic acids is 2. The van der Waals surface area contributed by atoms with Crippen LogP contribution in [0.25, 0.3) is 20.7 Å². The maximum absolute atomic E-state index is 13.4. The van der Waals surface area contributed by atoms with Crippen molar-refractivity contribution in [3.8, 4) is 10.4 Å². The van der Waals surface area contributed by atoms with Crippen molar-refractivity contribution in [1.29, 1.82) is 0 Å². The second-order valence-corrected chi connectivity index (χ2v) is 9.13. The van der Waals surface area contributed by atoms with Gasteiger partial charge in [0.2, 0.25) is 0 Å². The van der Waals surface area contributed by atoms with Crippen molar-refractivity contribution >= 4 is 56.4 Å². The van der Waals surface area contributed by atoms with E-state index in [1.54, 1.807) is 35.1 Å². The van der Waals surface area contributed by atoms with Gasteiger partial charge in [-0.2, -0.15) is 5.10 Å². The maximum Gasteiger partial charge on any atom is 0.323 e. The van der Waals surface area contributed by atoms with Crippen LogP contribution in [-0.4, -0.2) is 31.7 Å². The molecule has 0 bridgehead atoms. The Labute approximate surface area is 210 Å². The number of anilines is 4. The first kappa shape index (κ1) is 23.0. The zero-order chi connectivity index (χ0) is 25.2. The van der Waals surface area contributed by atoms with Crippen LogP contribution in [0, 0.1) is 6.92 Å². The van der Waals surface area contributed by atoms with Crippen LogP contribution >= 0.6 is 11.3 Å². The van der Waals surface area contributed by atoms with Crippen molar-refractivity contribution in [2.45, 2.75) is 6.92 Å². The molecule has 0 aliphatic carbocycles. The molecule has 0 aliphatic heterocycles. The van der Waals surface area contributed by atoms with Crippen LogP contribution in [0.3, 0.4) is 0 Å². The van der Waals surface area contributed by atoms with Gasteiger partial charge in [0.25, 0.3) is 5.91 Å². The summed E-state index contributed by atoms with van der Waals surface area (Å²) in [6, 6.07) is 14.0. The SMILES string of the molecule is Cc1cccc(NC(=O)Nc2ccc(NC(=O)c3c(-c4cnn(C)c4)sc4ncnc(N)c34)cc2)c1. The number of thiophene rings is 1. The number of carbonyl (C=O) groups is 2. The van der Waals surface area contributed by atoms with Gasteiger partial charge in [0.05, 0.1) is 22.0 Å². The fraction of sp³-hybridized carbons (Fsp3) is 0.0800. The summed E-state index contributed by atoms with van der Waals surface area (Å²) in [6.07, 6.45) is 4.89. The average molecular weight is 499 g/mol. The predicted octanol–water partition coefficient (Wildman–Crippen LogP) is 4.88. The number of aromatic nitrogens is 4. The molecule has 180 valence electrons. The molecule has 0 aliphatic rings. The predicted molar refractivity (Wildman–Crippen MR) is 142 cm³/mol. The van der Waals surface area contributed by atoms with E-state index >= 15 is 0 Å². The molecule has 0 fully saturated rings. The Morgan fingerprint density at radius 3 is 2.39 bits per heavy atom. The summed E-state index contributed by atoms with van der Waals surface area (Å²) in [5, 5.41) is 13.2. The average Bonchev–Trinajstić information content (AvgIpc) is 3.44. The molecule has 3 heterocycles. The first-order valence-electron chi connectivity index (χ1n) is 11.0. The van der Waals surface area contributed by atoms with E-state index in [1.165, 1.54) is 17.7 Å². The molecule has 10 nitrogen and oxygen atoms in total. The summed E-state index contributed by atoms with van der Waals surface area (Å²) in [4.78, 5) is 35.4. The lowest BCUT2D eigenvalue weighted by molar-refractivity contribution is 0.102. The molecular formula is C25H22N8O2S. The second-order valence-electron chi connectivity index (χ2n) is 8.13. The monoisotopic (exact) mass is 498 g/mol. The topological polar surface area (TPSA) is 140 Å². The molecule has 0 unspecified atom stereocenters. The molecule has 5 aromatic rings. The highest BCUT2D eigenvalue weighted by Crippen LogP contribution is 2.39. The van der Waals surface area contributed by atoms with E-state index in [4.69, 9.17) is 5.73 Å². The molecule has 3 aromatic heterocycles. The Morgan fingerprint density at radius 2 is 1.69 bits per heavy atom. The third-order valence-electron chi connectivity index (χ3n) is 5.39. The Balaban J connectivity index is 1.35.